The van der Waals surface area contributed by atoms with Crippen LogP contribution in [0.4, 0.5) is 5.69 Å². The Morgan fingerprint density at radius 1 is 0.886 bits per heavy atom. The summed E-state index contributed by atoms with van der Waals surface area (Å²) >= 11 is -0.815. The minimum atomic E-state index is -1.23. The summed E-state index contributed by atoms with van der Waals surface area (Å²) in [5.41, 5.74) is 1.30. The van der Waals surface area contributed by atoms with Crippen molar-refractivity contribution < 1.29 is 39.2 Å². The molecule has 35 heavy (non-hydrogen) atoms. The van der Waals surface area contributed by atoms with Crippen LogP contribution in [0.15, 0.2) is 42.5 Å². The molecule has 1 radical (unpaired) electrons. The number of carbonyl (C=O) groups is 3. The monoisotopic (exact) mass is 558 g/mol. The molecule has 0 aliphatic rings. The predicted octanol–water partition coefficient (Wildman–Crippen LogP) is 3.27. The maximum atomic E-state index is 12.2. The van der Waals surface area contributed by atoms with Crippen molar-refractivity contribution in [2.24, 2.45) is 0 Å². The standard InChI is InChI=1S/C24H21AsNO8S/c1-11(27)26-21-14(12-4-6-18(33-2)15(8-12)23(29)30)10-17(25-35)22(28)20(21)13-5-7-19(34-3)16(9-13)24(31)32/h4-10,28,35H,1-3H3,(H,26,27)(H,29,30)(H,31,32). The topological polar surface area (TPSA) is 142 Å². The van der Waals surface area contributed by atoms with Gasteiger partial charge in [-0.3, -0.25) is 0 Å². The van der Waals surface area contributed by atoms with Crippen LogP contribution in [-0.4, -0.2) is 62.0 Å². The number of ether oxygens (including phenoxy) is 2. The number of thiol groups is 1. The molecule has 9 nitrogen and oxygen atoms in total. The van der Waals surface area contributed by atoms with Crippen molar-refractivity contribution in [3.63, 3.8) is 0 Å². The number of methoxy groups -OCH3 is 2. The molecule has 3 aromatic rings. The van der Waals surface area contributed by atoms with E-state index in [1.807, 2.05) is 0 Å². The van der Waals surface area contributed by atoms with Gasteiger partial charge < -0.3 is 0 Å². The second-order valence-corrected chi connectivity index (χ2v) is 9.73. The van der Waals surface area contributed by atoms with Crippen LogP contribution in [0, 0.1) is 0 Å². The van der Waals surface area contributed by atoms with Crippen molar-refractivity contribution in [1.29, 1.82) is 0 Å². The van der Waals surface area contributed by atoms with Gasteiger partial charge in [-0.1, -0.05) is 0 Å². The number of anilines is 1. The van der Waals surface area contributed by atoms with Gasteiger partial charge in [0.1, 0.15) is 0 Å². The number of carboxylic acids is 2. The number of aromatic hydroxyl groups is 1. The first kappa shape index (κ1) is 26.0. The van der Waals surface area contributed by atoms with Crippen molar-refractivity contribution in [3.05, 3.63) is 53.6 Å². The van der Waals surface area contributed by atoms with E-state index in [4.69, 9.17) is 9.47 Å². The fourth-order valence-corrected chi connectivity index (χ4v) is 5.24. The Bertz CT molecular complexity index is 1340. The van der Waals surface area contributed by atoms with Crippen LogP contribution in [0.1, 0.15) is 27.6 Å². The molecule has 0 spiro atoms. The van der Waals surface area contributed by atoms with Gasteiger partial charge in [0.25, 0.3) is 0 Å². The number of phenolic OH excluding ortho intramolecular Hbond substituents is 1. The van der Waals surface area contributed by atoms with E-state index in [0.717, 1.165) is 0 Å². The number of nitrogens with one attached hydrogen (secondary N) is 1. The molecule has 0 aliphatic carbocycles. The summed E-state index contributed by atoms with van der Waals surface area (Å²) in [5, 5.41) is 33.1. The fourth-order valence-electron chi connectivity index (χ4n) is 3.62. The second kappa shape index (κ2) is 10.8. The van der Waals surface area contributed by atoms with E-state index in [0.29, 0.717) is 21.0 Å². The molecule has 1 amide bonds. The van der Waals surface area contributed by atoms with Crippen molar-refractivity contribution in [1.82, 2.24) is 0 Å². The first-order valence-electron chi connectivity index (χ1n) is 9.98. The molecule has 11 heteroatoms. The number of hydrogen-bond donors (Lipinski definition) is 5. The summed E-state index contributed by atoms with van der Waals surface area (Å²) in [5.74, 6) is -2.77. The zero-order valence-electron chi connectivity index (χ0n) is 18.8. The summed E-state index contributed by atoms with van der Waals surface area (Å²) in [7, 11) is 7.09. The van der Waals surface area contributed by atoms with Crippen LogP contribution in [0.3, 0.4) is 0 Å². The van der Waals surface area contributed by atoms with Crippen molar-refractivity contribution in [2.75, 3.05) is 19.5 Å². The van der Waals surface area contributed by atoms with E-state index >= 15 is 0 Å². The third-order valence-corrected chi connectivity index (χ3v) is 7.43. The van der Waals surface area contributed by atoms with Crippen LogP contribution in [0.2, 0.25) is 0 Å². The summed E-state index contributed by atoms with van der Waals surface area (Å²) in [6, 6.07) is 10.5. The summed E-state index contributed by atoms with van der Waals surface area (Å²) < 4.78 is 10.7. The van der Waals surface area contributed by atoms with E-state index in [2.05, 4.69) is 16.2 Å². The molecule has 0 bridgehead atoms. The number of carbonyl (C=O) groups excluding carboxylic acids is 1. The normalized spacial score (nSPS) is 10.9. The van der Waals surface area contributed by atoms with E-state index in [1.54, 1.807) is 18.2 Å². The van der Waals surface area contributed by atoms with Gasteiger partial charge in [0, 0.05) is 0 Å². The Labute approximate surface area is 211 Å². The summed E-state index contributed by atoms with van der Waals surface area (Å²) in [6.07, 6.45) is 0. The van der Waals surface area contributed by atoms with E-state index in [-0.39, 0.29) is 39.6 Å². The molecule has 3 aromatic carbocycles. The van der Waals surface area contributed by atoms with Crippen LogP contribution >= 0.6 is 10.9 Å². The van der Waals surface area contributed by atoms with Crippen LogP contribution in [0.5, 0.6) is 17.2 Å². The Morgan fingerprint density at radius 2 is 1.40 bits per heavy atom. The van der Waals surface area contributed by atoms with Gasteiger partial charge in [0.2, 0.25) is 0 Å². The molecule has 0 heterocycles. The van der Waals surface area contributed by atoms with Crippen molar-refractivity contribution in [2.45, 2.75) is 6.92 Å². The van der Waals surface area contributed by atoms with E-state index < -0.39 is 32.4 Å². The molecular formula is C24H21AsNO8S. The summed E-state index contributed by atoms with van der Waals surface area (Å²) in [4.78, 5) is 35.8. The molecule has 0 saturated heterocycles. The summed E-state index contributed by atoms with van der Waals surface area (Å²) in [6.45, 7) is 1.29. The molecule has 0 saturated carbocycles. The van der Waals surface area contributed by atoms with Gasteiger partial charge in [-0.15, -0.1) is 0 Å². The van der Waals surface area contributed by atoms with Crippen molar-refractivity contribution >= 4 is 53.4 Å². The fraction of sp³-hybridized carbons (Fsp3) is 0.125. The molecule has 181 valence electrons. The third kappa shape index (κ3) is 5.23. The Morgan fingerprint density at radius 3 is 1.86 bits per heavy atom. The predicted molar refractivity (Wildman–Crippen MR) is 135 cm³/mol. The number of rotatable bonds is 8. The van der Waals surface area contributed by atoms with E-state index in [1.165, 1.54) is 45.4 Å². The van der Waals surface area contributed by atoms with Crippen LogP contribution < -0.4 is 19.1 Å². The van der Waals surface area contributed by atoms with Crippen LogP contribution in [0.25, 0.3) is 22.3 Å². The van der Waals surface area contributed by atoms with Gasteiger partial charge in [-0.2, -0.15) is 0 Å². The number of amides is 1. The van der Waals surface area contributed by atoms with E-state index in [9.17, 15) is 29.7 Å². The molecule has 4 N–H and O–H groups in total. The minimum absolute atomic E-state index is 0.0910. The Balaban J connectivity index is 2.43. The number of hydrogen-bond acceptors (Lipinski definition) is 7. The number of benzene rings is 3. The molecule has 0 aliphatic heterocycles. The third-order valence-electron chi connectivity index (χ3n) is 5.15. The van der Waals surface area contributed by atoms with Gasteiger partial charge in [0.15, 0.2) is 0 Å². The van der Waals surface area contributed by atoms with Gasteiger partial charge >= 0.3 is 212 Å². The molecular weight excluding hydrogens is 537 g/mol. The zero-order chi connectivity index (χ0) is 25.9. The average molecular weight is 558 g/mol. The number of phenols is 1. The first-order valence-corrected chi connectivity index (χ1v) is 13.8. The SMILES string of the molecule is COc1ccc(-c2cc([As]S)c(O)c(-c3ccc(OC)c(C(=O)O)c3)c2NC(C)=O)cc1C(=O)O. The van der Waals surface area contributed by atoms with Gasteiger partial charge in [-0.25, -0.2) is 0 Å². The number of carboxylic acid groups (broad SMARTS) is 2. The molecule has 0 unspecified atom stereocenters. The second-order valence-electron chi connectivity index (χ2n) is 7.26. The Kier molecular flexibility index (Phi) is 7.99. The van der Waals surface area contributed by atoms with Gasteiger partial charge in [-0.05, 0) is 0 Å². The maximum absolute atomic E-state index is 12.2. The van der Waals surface area contributed by atoms with Crippen LogP contribution in [-0.2, 0) is 4.79 Å². The zero-order valence-corrected chi connectivity index (χ0v) is 21.6. The number of aromatic carboxylic acids is 2. The molecule has 3 rings (SSSR count). The van der Waals surface area contributed by atoms with Crippen molar-refractivity contribution in [3.8, 4) is 39.5 Å². The molecule has 0 aromatic heterocycles. The quantitative estimate of drug-likeness (QED) is 0.210. The average Bonchev–Trinajstić information content (AvgIpc) is 2.83. The Hall–Kier alpha value is -3.62. The molecule has 0 fully saturated rings. The van der Waals surface area contributed by atoms with Gasteiger partial charge in [0.05, 0.1) is 0 Å². The molecule has 0 atom stereocenters. The first-order chi connectivity index (χ1) is 16.6.